The van der Waals surface area contributed by atoms with Gasteiger partial charge in [0.05, 0.1) is 6.54 Å². The second-order valence-corrected chi connectivity index (χ2v) is 7.80. The summed E-state index contributed by atoms with van der Waals surface area (Å²) in [5, 5.41) is 13.4. The molecule has 0 spiro atoms. The van der Waals surface area contributed by atoms with Gasteiger partial charge in [0.1, 0.15) is 11.6 Å². The molecule has 1 saturated heterocycles. The van der Waals surface area contributed by atoms with Crippen LogP contribution in [-0.4, -0.2) is 39.4 Å². The molecule has 0 amide bonds. The van der Waals surface area contributed by atoms with Gasteiger partial charge >= 0.3 is 0 Å². The van der Waals surface area contributed by atoms with Gasteiger partial charge in [-0.3, -0.25) is 0 Å². The largest absolute Gasteiger partial charge is 0.348 e. The van der Waals surface area contributed by atoms with E-state index in [-0.39, 0.29) is 0 Å². The average Bonchev–Trinajstić information content (AvgIpc) is 3.22. The summed E-state index contributed by atoms with van der Waals surface area (Å²) in [6.45, 7) is 9.46. The Balaban J connectivity index is 1.43. The Bertz CT molecular complexity index is 668. The molecule has 0 atom stereocenters. The molecule has 7 heteroatoms. The molecule has 0 bridgehead atoms. The average molecular weight is 332 g/mol. The molecule has 2 aromatic heterocycles. The number of nitrogens with zero attached hydrogens (tertiary/aromatic N) is 5. The highest BCUT2D eigenvalue weighted by molar-refractivity contribution is 7.15. The van der Waals surface area contributed by atoms with E-state index in [4.69, 9.17) is 0 Å². The van der Waals surface area contributed by atoms with Gasteiger partial charge in [0.2, 0.25) is 0 Å². The summed E-state index contributed by atoms with van der Waals surface area (Å²) in [7, 11) is 0. The van der Waals surface area contributed by atoms with E-state index >= 15 is 0 Å². The zero-order valence-corrected chi connectivity index (χ0v) is 14.6. The molecular weight excluding hydrogens is 308 g/mol. The quantitative estimate of drug-likeness (QED) is 0.935. The summed E-state index contributed by atoms with van der Waals surface area (Å²) in [5.74, 6) is 3.39. The van der Waals surface area contributed by atoms with Gasteiger partial charge in [-0.1, -0.05) is 13.8 Å². The zero-order valence-electron chi connectivity index (χ0n) is 13.8. The molecule has 2 aliphatic heterocycles. The predicted octanol–water partition coefficient (Wildman–Crippen LogP) is 2.35. The topological polar surface area (TPSA) is 58.9 Å². The summed E-state index contributed by atoms with van der Waals surface area (Å²) < 4.78 is 2.33. The van der Waals surface area contributed by atoms with Gasteiger partial charge in [0, 0.05) is 43.2 Å². The molecule has 0 unspecified atom stereocenters. The van der Waals surface area contributed by atoms with Crippen LogP contribution in [0.2, 0.25) is 0 Å². The van der Waals surface area contributed by atoms with Crippen LogP contribution in [0.3, 0.4) is 0 Å². The first-order valence-electron chi connectivity index (χ1n) is 8.55. The number of hydrogen-bond acceptors (Lipinski definition) is 6. The second-order valence-electron chi connectivity index (χ2n) is 6.76. The molecule has 0 aromatic carbocycles. The molecule has 0 saturated carbocycles. The van der Waals surface area contributed by atoms with Crippen LogP contribution in [0.4, 0.5) is 5.13 Å². The third kappa shape index (κ3) is 2.87. The van der Waals surface area contributed by atoms with Gasteiger partial charge < -0.3 is 14.8 Å². The van der Waals surface area contributed by atoms with E-state index in [9.17, 15) is 0 Å². The molecule has 2 aromatic rings. The zero-order chi connectivity index (χ0) is 15.8. The van der Waals surface area contributed by atoms with E-state index in [1.54, 1.807) is 0 Å². The molecule has 6 nitrogen and oxygen atoms in total. The van der Waals surface area contributed by atoms with E-state index < -0.39 is 0 Å². The fraction of sp³-hybridized carbons (Fsp3) is 0.688. The molecule has 0 aliphatic carbocycles. The maximum atomic E-state index is 4.62. The van der Waals surface area contributed by atoms with Gasteiger partial charge in [-0.2, -0.15) is 0 Å². The van der Waals surface area contributed by atoms with Crippen LogP contribution in [0.25, 0.3) is 0 Å². The third-order valence-electron chi connectivity index (χ3n) is 4.86. The van der Waals surface area contributed by atoms with E-state index in [2.05, 4.69) is 43.8 Å². The predicted molar refractivity (Wildman–Crippen MR) is 92.1 cm³/mol. The summed E-state index contributed by atoms with van der Waals surface area (Å²) in [5.41, 5.74) is 0. The van der Waals surface area contributed by atoms with Crippen molar-refractivity contribution in [3.05, 3.63) is 22.7 Å². The number of nitrogens with one attached hydrogen (secondary N) is 1. The minimum Gasteiger partial charge on any atom is -0.348 e. The summed E-state index contributed by atoms with van der Waals surface area (Å²) in [6, 6.07) is 0. The highest BCUT2D eigenvalue weighted by Gasteiger charge is 2.28. The summed E-state index contributed by atoms with van der Waals surface area (Å²) in [4.78, 5) is 8.43. The lowest BCUT2D eigenvalue weighted by molar-refractivity contribution is 0.437. The van der Waals surface area contributed by atoms with Crippen molar-refractivity contribution >= 4 is 16.5 Å². The van der Waals surface area contributed by atoms with Crippen LogP contribution < -0.4 is 10.2 Å². The smallest absolute Gasteiger partial charge is 0.185 e. The lowest BCUT2D eigenvalue weighted by atomic mass is 9.96. The fourth-order valence-electron chi connectivity index (χ4n) is 3.44. The number of aromatic nitrogens is 4. The monoisotopic (exact) mass is 332 g/mol. The molecule has 4 rings (SSSR count). The van der Waals surface area contributed by atoms with Crippen molar-refractivity contribution < 1.29 is 0 Å². The van der Waals surface area contributed by atoms with Crippen molar-refractivity contribution in [1.82, 2.24) is 25.1 Å². The number of hydrogen-bond donors (Lipinski definition) is 1. The van der Waals surface area contributed by atoms with Crippen molar-refractivity contribution in [2.75, 3.05) is 24.5 Å². The van der Waals surface area contributed by atoms with E-state index in [0.717, 1.165) is 51.4 Å². The molecular formula is C16H24N6S. The van der Waals surface area contributed by atoms with Gasteiger partial charge in [-0.25, -0.2) is 4.98 Å². The van der Waals surface area contributed by atoms with E-state index in [0.29, 0.717) is 11.8 Å². The Morgan fingerprint density at radius 3 is 2.78 bits per heavy atom. The molecule has 1 N–H and O–H groups in total. The lowest BCUT2D eigenvalue weighted by Crippen LogP contribution is -2.35. The maximum absolute atomic E-state index is 4.62. The van der Waals surface area contributed by atoms with Gasteiger partial charge in [-0.15, -0.1) is 21.5 Å². The maximum Gasteiger partial charge on any atom is 0.185 e. The summed E-state index contributed by atoms with van der Waals surface area (Å²) >= 11 is 1.84. The SMILES string of the molecule is CC(C)c1cnc(N2CCC(c3nnc4n3CCNC4)CC2)s1. The molecule has 2 aliphatic rings. The first-order valence-corrected chi connectivity index (χ1v) is 9.37. The van der Waals surface area contributed by atoms with Gasteiger partial charge in [-0.05, 0) is 18.8 Å². The van der Waals surface area contributed by atoms with Crippen LogP contribution in [0, 0.1) is 0 Å². The highest BCUT2D eigenvalue weighted by atomic mass is 32.1. The molecule has 4 heterocycles. The van der Waals surface area contributed by atoms with Gasteiger partial charge in [0.15, 0.2) is 5.13 Å². The second kappa shape index (κ2) is 6.20. The van der Waals surface area contributed by atoms with Crippen molar-refractivity contribution in [2.45, 2.75) is 51.6 Å². The minimum atomic E-state index is 0.537. The van der Waals surface area contributed by atoms with Crippen LogP contribution in [0.5, 0.6) is 0 Å². The summed E-state index contributed by atoms with van der Waals surface area (Å²) in [6.07, 6.45) is 4.32. The van der Waals surface area contributed by atoms with E-state index in [1.807, 2.05) is 17.5 Å². The van der Waals surface area contributed by atoms with Crippen LogP contribution in [-0.2, 0) is 13.1 Å². The van der Waals surface area contributed by atoms with Crippen LogP contribution >= 0.6 is 11.3 Å². The molecule has 0 radical (unpaired) electrons. The van der Waals surface area contributed by atoms with Crippen LogP contribution in [0.1, 0.15) is 55.1 Å². The number of thiazole rings is 1. The van der Waals surface area contributed by atoms with E-state index in [1.165, 1.54) is 15.8 Å². The molecule has 1 fully saturated rings. The first kappa shape index (κ1) is 15.1. The Hall–Kier alpha value is -1.47. The Labute approximate surface area is 140 Å². The van der Waals surface area contributed by atoms with Crippen LogP contribution in [0.15, 0.2) is 6.20 Å². The number of piperidine rings is 1. The Morgan fingerprint density at radius 2 is 2.04 bits per heavy atom. The van der Waals surface area contributed by atoms with Crippen molar-refractivity contribution in [3.63, 3.8) is 0 Å². The Kier molecular flexibility index (Phi) is 4.07. The van der Waals surface area contributed by atoms with Crippen molar-refractivity contribution in [3.8, 4) is 0 Å². The Morgan fingerprint density at radius 1 is 1.22 bits per heavy atom. The fourth-order valence-corrected chi connectivity index (χ4v) is 4.40. The normalized spacial score (nSPS) is 19.3. The minimum absolute atomic E-state index is 0.537. The molecule has 23 heavy (non-hydrogen) atoms. The first-order chi connectivity index (χ1) is 11.2. The number of rotatable bonds is 3. The highest BCUT2D eigenvalue weighted by Crippen LogP contribution is 2.33. The van der Waals surface area contributed by atoms with Crippen molar-refractivity contribution in [2.24, 2.45) is 0 Å². The standard InChI is InChI=1S/C16H24N6S/c1-11(2)13-9-18-16(23-13)21-6-3-12(4-7-21)15-20-19-14-10-17-5-8-22(14)15/h9,11-12,17H,3-8,10H2,1-2H3. The molecule has 124 valence electrons. The number of anilines is 1. The van der Waals surface area contributed by atoms with Crippen molar-refractivity contribution in [1.29, 1.82) is 0 Å². The number of fused-ring (bicyclic) bond motifs is 1. The lowest BCUT2D eigenvalue weighted by Gasteiger charge is -2.31. The third-order valence-corrected chi connectivity index (χ3v) is 6.22. The van der Waals surface area contributed by atoms with Gasteiger partial charge in [0.25, 0.3) is 0 Å².